The molecule has 0 aliphatic carbocycles. The van der Waals surface area contributed by atoms with Gasteiger partial charge in [-0.3, -0.25) is 9.69 Å². The van der Waals surface area contributed by atoms with Gasteiger partial charge < -0.3 is 9.72 Å². The van der Waals surface area contributed by atoms with Crippen molar-refractivity contribution in [2.24, 2.45) is 0 Å². The first-order valence-corrected chi connectivity index (χ1v) is 7.45. The molecule has 106 valence electrons. The predicted octanol–water partition coefficient (Wildman–Crippen LogP) is 2.05. The maximum absolute atomic E-state index is 11.9. The molecule has 1 N–H and O–H groups in total. The van der Waals surface area contributed by atoms with E-state index in [0.29, 0.717) is 16.9 Å². The minimum absolute atomic E-state index is 0.133. The molecular formula is C13H20BrN3O2. The number of likely N-dealkylation sites (N-methyl/N-ethyl adjacent to an activating group) is 1. The van der Waals surface area contributed by atoms with Crippen molar-refractivity contribution < 1.29 is 4.74 Å². The van der Waals surface area contributed by atoms with Crippen molar-refractivity contribution in [2.75, 3.05) is 26.2 Å². The molecule has 1 aliphatic heterocycles. The summed E-state index contributed by atoms with van der Waals surface area (Å²) in [4.78, 5) is 21.6. The fourth-order valence-corrected chi connectivity index (χ4v) is 2.83. The van der Waals surface area contributed by atoms with Gasteiger partial charge in [-0.05, 0) is 28.4 Å². The Bertz CT molecular complexity index is 501. The SMILES string of the molecule is CCN1CCOC(c2nc(C(C)C)c(Br)c(=O)[nH]2)C1. The van der Waals surface area contributed by atoms with E-state index in [1.807, 2.05) is 13.8 Å². The molecule has 6 heteroatoms. The van der Waals surface area contributed by atoms with Crippen molar-refractivity contribution >= 4 is 15.9 Å². The number of hydrogen-bond donors (Lipinski definition) is 1. The number of halogens is 1. The second-order valence-corrected chi connectivity index (χ2v) is 5.85. The molecule has 0 bridgehead atoms. The van der Waals surface area contributed by atoms with Crippen molar-refractivity contribution in [3.05, 3.63) is 26.3 Å². The Morgan fingerprint density at radius 3 is 2.95 bits per heavy atom. The van der Waals surface area contributed by atoms with E-state index in [-0.39, 0.29) is 17.6 Å². The number of morpholine rings is 1. The standard InChI is InChI=1S/C13H20BrN3O2/c1-4-17-5-6-19-9(7-17)12-15-11(8(2)3)10(14)13(18)16-12/h8-9H,4-7H2,1-3H3,(H,15,16,18). The molecule has 2 heterocycles. The van der Waals surface area contributed by atoms with Crippen LogP contribution in [0.15, 0.2) is 9.27 Å². The highest BCUT2D eigenvalue weighted by molar-refractivity contribution is 9.10. The van der Waals surface area contributed by atoms with Gasteiger partial charge in [0.05, 0.1) is 12.3 Å². The first-order valence-electron chi connectivity index (χ1n) is 6.66. The van der Waals surface area contributed by atoms with Crippen LogP contribution in [0.1, 0.15) is 44.3 Å². The van der Waals surface area contributed by atoms with E-state index in [4.69, 9.17) is 4.74 Å². The van der Waals surface area contributed by atoms with Crippen LogP contribution in [-0.4, -0.2) is 41.1 Å². The van der Waals surface area contributed by atoms with E-state index in [1.54, 1.807) is 0 Å². The van der Waals surface area contributed by atoms with Gasteiger partial charge in [0.15, 0.2) is 0 Å². The van der Waals surface area contributed by atoms with Crippen LogP contribution in [-0.2, 0) is 4.74 Å². The van der Waals surface area contributed by atoms with E-state index in [9.17, 15) is 4.79 Å². The number of hydrogen-bond acceptors (Lipinski definition) is 4. The Labute approximate surface area is 121 Å². The highest BCUT2D eigenvalue weighted by atomic mass is 79.9. The molecule has 0 aromatic carbocycles. The summed E-state index contributed by atoms with van der Waals surface area (Å²) in [5.74, 6) is 0.830. The Hall–Kier alpha value is -0.720. The zero-order valence-corrected chi connectivity index (χ0v) is 13.2. The monoisotopic (exact) mass is 329 g/mol. The average molecular weight is 330 g/mol. The lowest BCUT2D eigenvalue weighted by Gasteiger charge is -2.31. The zero-order chi connectivity index (χ0) is 14.0. The van der Waals surface area contributed by atoms with Crippen LogP contribution in [0.3, 0.4) is 0 Å². The van der Waals surface area contributed by atoms with Gasteiger partial charge in [-0.25, -0.2) is 4.98 Å². The van der Waals surface area contributed by atoms with E-state index in [0.717, 1.165) is 25.3 Å². The molecule has 0 saturated carbocycles. The Morgan fingerprint density at radius 2 is 2.32 bits per heavy atom. The van der Waals surface area contributed by atoms with Gasteiger partial charge in [-0.2, -0.15) is 0 Å². The summed E-state index contributed by atoms with van der Waals surface area (Å²) in [5.41, 5.74) is 0.655. The van der Waals surface area contributed by atoms with Crippen molar-refractivity contribution in [1.29, 1.82) is 0 Å². The van der Waals surface area contributed by atoms with Gasteiger partial charge in [0, 0.05) is 13.1 Å². The molecule has 0 radical (unpaired) electrons. The molecule has 2 rings (SSSR count). The summed E-state index contributed by atoms with van der Waals surface area (Å²) in [7, 11) is 0. The van der Waals surface area contributed by atoms with Gasteiger partial charge >= 0.3 is 0 Å². The highest BCUT2D eigenvalue weighted by Crippen LogP contribution is 2.23. The maximum Gasteiger partial charge on any atom is 0.265 e. The van der Waals surface area contributed by atoms with Crippen LogP contribution < -0.4 is 5.56 Å². The third kappa shape index (κ3) is 3.24. The minimum Gasteiger partial charge on any atom is -0.368 e. The first-order chi connectivity index (χ1) is 9.02. The number of rotatable bonds is 3. The molecule has 0 amide bonds. The molecule has 1 fully saturated rings. The third-order valence-electron chi connectivity index (χ3n) is 3.36. The molecule has 5 nitrogen and oxygen atoms in total. The molecule has 19 heavy (non-hydrogen) atoms. The number of ether oxygens (including phenoxy) is 1. The number of H-pyrrole nitrogens is 1. The van der Waals surface area contributed by atoms with Crippen molar-refractivity contribution in [1.82, 2.24) is 14.9 Å². The Balaban J connectivity index is 2.32. The van der Waals surface area contributed by atoms with Crippen LogP contribution in [0.5, 0.6) is 0 Å². The van der Waals surface area contributed by atoms with Gasteiger partial charge in [-0.15, -0.1) is 0 Å². The van der Waals surface area contributed by atoms with Crippen LogP contribution in [0.25, 0.3) is 0 Å². The Morgan fingerprint density at radius 1 is 1.58 bits per heavy atom. The second kappa shape index (κ2) is 6.15. The quantitative estimate of drug-likeness (QED) is 0.922. The molecule has 0 spiro atoms. The normalized spacial score (nSPS) is 21.0. The van der Waals surface area contributed by atoms with Crippen molar-refractivity contribution in [3.8, 4) is 0 Å². The molecule has 1 aromatic heterocycles. The molecule has 1 aliphatic rings. The highest BCUT2D eigenvalue weighted by Gasteiger charge is 2.24. The minimum atomic E-state index is -0.146. The van der Waals surface area contributed by atoms with Crippen molar-refractivity contribution in [3.63, 3.8) is 0 Å². The molecular weight excluding hydrogens is 310 g/mol. The molecule has 1 unspecified atom stereocenters. The number of nitrogens with one attached hydrogen (secondary N) is 1. The van der Waals surface area contributed by atoms with Crippen LogP contribution in [0, 0.1) is 0 Å². The summed E-state index contributed by atoms with van der Waals surface area (Å²) in [5, 5.41) is 0. The summed E-state index contributed by atoms with van der Waals surface area (Å²) in [6, 6.07) is 0. The fourth-order valence-electron chi connectivity index (χ4n) is 2.18. The fraction of sp³-hybridized carbons (Fsp3) is 0.692. The van der Waals surface area contributed by atoms with E-state index < -0.39 is 0 Å². The predicted molar refractivity (Wildman–Crippen MR) is 77.5 cm³/mol. The average Bonchev–Trinajstić information content (AvgIpc) is 2.41. The smallest absolute Gasteiger partial charge is 0.265 e. The van der Waals surface area contributed by atoms with Gasteiger partial charge in [0.25, 0.3) is 5.56 Å². The second-order valence-electron chi connectivity index (χ2n) is 5.06. The third-order valence-corrected chi connectivity index (χ3v) is 4.12. The lowest BCUT2D eigenvalue weighted by atomic mass is 10.1. The number of nitrogens with zero attached hydrogens (tertiary/aromatic N) is 2. The molecule has 1 saturated heterocycles. The van der Waals surface area contributed by atoms with Crippen LogP contribution in [0.4, 0.5) is 0 Å². The lowest BCUT2D eigenvalue weighted by Crippen LogP contribution is -2.39. The summed E-state index contributed by atoms with van der Waals surface area (Å²) >= 11 is 3.31. The number of aromatic nitrogens is 2. The maximum atomic E-state index is 11.9. The Kier molecular flexibility index (Phi) is 4.76. The van der Waals surface area contributed by atoms with Gasteiger partial charge in [-0.1, -0.05) is 20.8 Å². The van der Waals surface area contributed by atoms with E-state index in [2.05, 4.69) is 37.7 Å². The summed E-state index contributed by atoms with van der Waals surface area (Å²) < 4.78 is 6.26. The van der Waals surface area contributed by atoms with E-state index in [1.165, 1.54) is 0 Å². The molecule has 1 aromatic rings. The molecule has 1 atom stereocenters. The first kappa shape index (κ1) is 14.7. The van der Waals surface area contributed by atoms with Gasteiger partial charge in [0.1, 0.15) is 16.4 Å². The number of aromatic amines is 1. The largest absolute Gasteiger partial charge is 0.368 e. The summed E-state index contributed by atoms with van der Waals surface area (Å²) in [6.07, 6.45) is -0.146. The van der Waals surface area contributed by atoms with Gasteiger partial charge in [0.2, 0.25) is 0 Å². The van der Waals surface area contributed by atoms with Crippen LogP contribution in [0.2, 0.25) is 0 Å². The van der Waals surface area contributed by atoms with Crippen LogP contribution >= 0.6 is 15.9 Å². The zero-order valence-electron chi connectivity index (χ0n) is 11.6. The lowest BCUT2D eigenvalue weighted by molar-refractivity contribution is -0.0328. The van der Waals surface area contributed by atoms with Crippen molar-refractivity contribution in [2.45, 2.75) is 32.8 Å². The summed E-state index contributed by atoms with van der Waals surface area (Å²) in [6.45, 7) is 9.54. The topological polar surface area (TPSA) is 58.2 Å². The van der Waals surface area contributed by atoms with E-state index >= 15 is 0 Å².